The summed E-state index contributed by atoms with van der Waals surface area (Å²) in [5.74, 6) is -0.326. The second kappa shape index (κ2) is 8.19. The van der Waals surface area contributed by atoms with Gasteiger partial charge in [-0.05, 0) is 42.0 Å². The number of sulfonamides is 1. The predicted octanol–water partition coefficient (Wildman–Crippen LogP) is 3.17. The number of hydrogen-bond donors (Lipinski definition) is 2. The number of nitrogens with one attached hydrogen (secondary N) is 2. The van der Waals surface area contributed by atoms with Gasteiger partial charge >= 0.3 is 6.18 Å². The van der Waals surface area contributed by atoms with E-state index in [0.29, 0.717) is 5.56 Å². The molecule has 0 aliphatic heterocycles. The molecule has 30 heavy (non-hydrogen) atoms. The summed E-state index contributed by atoms with van der Waals surface area (Å²) >= 11 is 0. The van der Waals surface area contributed by atoms with E-state index in [-0.39, 0.29) is 22.8 Å². The van der Waals surface area contributed by atoms with Crippen LogP contribution in [-0.4, -0.2) is 24.1 Å². The van der Waals surface area contributed by atoms with Gasteiger partial charge in [0, 0.05) is 31.4 Å². The number of anilines is 1. The van der Waals surface area contributed by atoms with Gasteiger partial charge in [-0.3, -0.25) is 14.2 Å². The number of rotatable bonds is 6. The van der Waals surface area contributed by atoms with E-state index >= 15 is 0 Å². The molecule has 3 aromatic rings. The first-order valence-corrected chi connectivity index (χ1v) is 10.1. The van der Waals surface area contributed by atoms with Crippen LogP contribution in [-0.2, 0) is 29.8 Å². The third-order valence-corrected chi connectivity index (χ3v) is 5.48. The first kappa shape index (κ1) is 21.4. The molecule has 0 radical (unpaired) electrons. The molecule has 0 aliphatic carbocycles. The second-order valence-corrected chi connectivity index (χ2v) is 8.06. The molecule has 0 aliphatic rings. The van der Waals surface area contributed by atoms with E-state index in [0.717, 1.165) is 12.1 Å². The zero-order valence-electron chi connectivity index (χ0n) is 15.6. The van der Waals surface area contributed by atoms with Gasteiger partial charge in [0.1, 0.15) is 0 Å². The van der Waals surface area contributed by atoms with Crippen LogP contribution in [0.3, 0.4) is 0 Å². The highest BCUT2D eigenvalue weighted by molar-refractivity contribution is 7.92. The molecule has 2 N–H and O–H groups in total. The number of carbonyl (C=O) groups is 1. The number of amides is 1. The van der Waals surface area contributed by atoms with Gasteiger partial charge in [0.25, 0.3) is 15.9 Å². The molecule has 158 valence electrons. The maximum Gasteiger partial charge on any atom is 0.416 e. The Bertz CT molecular complexity index is 1140. The van der Waals surface area contributed by atoms with Crippen molar-refractivity contribution < 1.29 is 26.4 Å². The lowest BCUT2D eigenvalue weighted by Gasteiger charge is -2.09. The van der Waals surface area contributed by atoms with E-state index in [2.05, 4.69) is 15.1 Å². The molecule has 0 spiro atoms. The minimum atomic E-state index is -4.42. The van der Waals surface area contributed by atoms with Crippen LogP contribution in [0.15, 0.2) is 65.7 Å². The Hall–Kier alpha value is -3.34. The molecule has 2 aromatic carbocycles. The zero-order chi connectivity index (χ0) is 21.9. The minimum absolute atomic E-state index is 0.0260. The van der Waals surface area contributed by atoms with Gasteiger partial charge in [-0.2, -0.15) is 18.3 Å². The molecule has 1 aromatic heterocycles. The van der Waals surface area contributed by atoms with Crippen LogP contribution < -0.4 is 10.0 Å². The summed E-state index contributed by atoms with van der Waals surface area (Å²) in [5.41, 5.74) is -0.0671. The van der Waals surface area contributed by atoms with E-state index in [9.17, 15) is 26.4 Å². The Kier molecular flexibility index (Phi) is 5.83. The average molecular weight is 438 g/mol. The quantitative estimate of drug-likeness (QED) is 0.618. The molecular formula is C19H17F3N4O3S. The Morgan fingerprint density at radius 3 is 2.20 bits per heavy atom. The molecule has 0 unspecified atom stereocenters. The number of halogens is 3. The van der Waals surface area contributed by atoms with E-state index in [4.69, 9.17) is 0 Å². The number of aryl methyl sites for hydroxylation is 1. The lowest BCUT2D eigenvalue weighted by Crippen LogP contribution is -2.23. The fraction of sp³-hybridized carbons (Fsp3) is 0.158. The fourth-order valence-electron chi connectivity index (χ4n) is 2.55. The Labute approximate surface area is 170 Å². The largest absolute Gasteiger partial charge is 0.416 e. The van der Waals surface area contributed by atoms with E-state index in [1.165, 1.54) is 47.1 Å². The molecule has 0 bridgehead atoms. The molecule has 3 rings (SSSR count). The van der Waals surface area contributed by atoms with Crippen LogP contribution in [0.5, 0.6) is 0 Å². The molecular weight excluding hydrogens is 421 g/mol. The molecule has 0 fully saturated rings. The highest BCUT2D eigenvalue weighted by atomic mass is 32.2. The first-order chi connectivity index (χ1) is 14.0. The summed E-state index contributed by atoms with van der Waals surface area (Å²) in [4.78, 5) is 12.2. The highest BCUT2D eigenvalue weighted by Gasteiger charge is 2.29. The van der Waals surface area contributed by atoms with Crippen molar-refractivity contribution in [2.75, 3.05) is 4.72 Å². The van der Waals surface area contributed by atoms with Crippen molar-refractivity contribution >= 4 is 21.7 Å². The van der Waals surface area contributed by atoms with Crippen LogP contribution in [0.4, 0.5) is 19.0 Å². The third-order valence-electron chi connectivity index (χ3n) is 4.11. The molecule has 7 nitrogen and oxygen atoms in total. The van der Waals surface area contributed by atoms with Gasteiger partial charge in [-0.15, -0.1) is 0 Å². The number of aromatic nitrogens is 2. The molecule has 0 saturated carbocycles. The van der Waals surface area contributed by atoms with E-state index < -0.39 is 27.7 Å². The normalized spacial score (nSPS) is 11.9. The van der Waals surface area contributed by atoms with Crippen molar-refractivity contribution in [3.05, 3.63) is 77.5 Å². The minimum Gasteiger partial charge on any atom is -0.348 e. The van der Waals surface area contributed by atoms with Gasteiger partial charge in [0.05, 0.1) is 10.5 Å². The van der Waals surface area contributed by atoms with Gasteiger partial charge in [0.2, 0.25) is 0 Å². The number of alkyl halides is 3. The maximum atomic E-state index is 12.6. The zero-order valence-corrected chi connectivity index (χ0v) is 16.5. The first-order valence-electron chi connectivity index (χ1n) is 8.61. The van der Waals surface area contributed by atoms with Crippen LogP contribution in [0.1, 0.15) is 21.5 Å². The Morgan fingerprint density at radius 1 is 1.03 bits per heavy atom. The van der Waals surface area contributed by atoms with Crippen molar-refractivity contribution in [3.8, 4) is 0 Å². The summed E-state index contributed by atoms with van der Waals surface area (Å²) in [6, 6.07) is 11.2. The fourth-order valence-corrected chi connectivity index (χ4v) is 3.54. The van der Waals surface area contributed by atoms with Crippen LogP contribution >= 0.6 is 0 Å². The van der Waals surface area contributed by atoms with Crippen molar-refractivity contribution in [1.82, 2.24) is 15.1 Å². The number of benzene rings is 2. The molecule has 11 heteroatoms. The van der Waals surface area contributed by atoms with E-state index in [1.54, 1.807) is 13.2 Å². The standard InChI is InChI=1S/C19H17F3N4O3S/c1-26-11-10-17(24-26)25-30(28,29)16-8-4-14(5-9-16)18(27)23-12-13-2-6-15(7-3-13)19(20,21)22/h2-11H,12H2,1H3,(H,23,27)(H,24,25). The molecule has 0 saturated heterocycles. The second-order valence-electron chi connectivity index (χ2n) is 6.38. The van der Waals surface area contributed by atoms with Gasteiger partial charge in [-0.25, -0.2) is 8.42 Å². The summed E-state index contributed by atoms with van der Waals surface area (Å²) < 4.78 is 66.2. The molecule has 1 amide bonds. The van der Waals surface area contributed by atoms with Crippen molar-refractivity contribution in [3.63, 3.8) is 0 Å². The lowest BCUT2D eigenvalue weighted by atomic mass is 10.1. The predicted molar refractivity (Wildman–Crippen MR) is 103 cm³/mol. The summed E-state index contributed by atoms with van der Waals surface area (Å²) in [6.45, 7) is 0.0260. The van der Waals surface area contributed by atoms with Gasteiger partial charge in [-0.1, -0.05) is 12.1 Å². The van der Waals surface area contributed by atoms with Crippen molar-refractivity contribution in [1.29, 1.82) is 0 Å². The highest BCUT2D eigenvalue weighted by Crippen LogP contribution is 2.29. The van der Waals surface area contributed by atoms with Gasteiger partial charge < -0.3 is 5.32 Å². The Balaban J connectivity index is 1.62. The lowest BCUT2D eigenvalue weighted by molar-refractivity contribution is -0.137. The van der Waals surface area contributed by atoms with Crippen LogP contribution in [0.2, 0.25) is 0 Å². The van der Waals surface area contributed by atoms with Gasteiger partial charge in [0.15, 0.2) is 5.82 Å². The van der Waals surface area contributed by atoms with Crippen LogP contribution in [0.25, 0.3) is 0 Å². The monoisotopic (exact) mass is 438 g/mol. The molecule has 1 heterocycles. The summed E-state index contributed by atoms with van der Waals surface area (Å²) in [6.07, 6.45) is -2.84. The summed E-state index contributed by atoms with van der Waals surface area (Å²) in [5, 5.41) is 6.52. The summed E-state index contributed by atoms with van der Waals surface area (Å²) in [7, 11) is -2.21. The number of nitrogens with zero attached hydrogens (tertiary/aromatic N) is 2. The number of carbonyl (C=O) groups excluding carboxylic acids is 1. The smallest absolute Gasteiger partial charge is 0.348 e. The van der Waals surface area contributed by atoms with Crippen molar-refractivity contribution in [2.45, 2.75) is 17.6 Å². The maximum absolute atomic E-state index is 12.6. The van der Waals surface area contributed by atoms with E-state index in [1.807, 2.05) is 0 Å². The van der Waals surface area contributed by atoms with Crippen molar-refractivity contribution in [2.24, 2.45) is 7.05 Å². The Morgan fingerprint density at radius 2 is 1.67 bits per heavy atom. The molecule has 0 atom stereocenters. The number of hydrogen-bond acceptors (Lipinski definition) is 4. The topological polar surface area (TPSA) is 93.1 Å². The SMILES string of the molecule is Cn1ccc(NS(=O)(=O)c2ccc(C(=O)NCc3ccc(C(F)(F)F)cc3)cc2)n1. The van der Waals surface area contributed by atoms with Crippen LogP contribution in [0, 0.1) is 0 Å². The third kappa shape index (κ3) is 5.17. The average Bonchev–Trinajstić information content (AvgIpc) is 3.09.